The van der Waals surface area contributed by atoms with Gasteiger partial charge in [0.1, 0.15) is 11.8 Å². The fourth-order valence-electron chi connectivity index (χ4n) is 5.33. The molecule has 2 aromatic carbocycles. The number of rotatable bonds is 6. The SMILES string of the molecule is COc1cccc(C(=O)N2CCC([C@H](NC(=O)c3ccc4c(c3)OCO4)C(=O)N3CCCCC3)CC2)c1. The average molecular weight is 508 g/mol. The third kappa shape index (κ3) is 5.50. The molecule has 9 heteroatoms. The van der Waals surface area contributed by atoms with Crippen LogP contribution in [0.2, 0.25) is 0 Å². The molecule has 3 aliphatic heterocycles. The van der Waals surface area contributed by atoms with Crippen LogP contribution in [0.3, 0.4) is 0 Å². The van der Waals surface area contributed by atoms with E-state index in [2.05, 4.69) is 5.32 Å². The highest BCUT2D eigenvalue weighted by Crippen LogP contribution is 2.33. The van der Waals surface area contributed by atoms with Crippen LogP contribution < -0.4 is 19.5 Å². The standard InChI is InChI=1S/C28H33N3O6/c1-35-22-7-5-6-21(16-22)27(33)31-14-10-19(11-15-31)25(28(34)30-12-3-2-4-13-30)29-26(32)20-8-9-23-24(17-20)37-18-36-23/h5-9,16-17,19,25H,2-4,10-15,18H2,1H3,(H,29,32)/t25-/m0/s1. The van der Waals surface area contributed by atoms with Crippen LogP contribution in [0.5, 0.6) is 17.2 Å². The molecular formula is C28H33N3O6. The van der Waals surface area contributed by atoms with E-state index in [1.54, 1.807) is 43.5 Å². The van der Waals surface area contributed by atoms with Gasteiger partial charge in [-0.05, 0) is 74.4 Å². The smallest absolute Gasteiger partial charge is 0.253 e. The summed E-state index contributed by atoms with van der Waals surface area (Å²) in [6.45, 7) is 2.59. The molecule has 0 aromatic heterocycles. The molecule has 1 N–H and O–H groups in total. The summed E-state index contributed by atoms with van der Waals surface area (Å²) >= 11 is 0. The molecule has 3 heterocycles. The Labute approximate surface area is 216 Å². The van der Waals surface area contributed by atoms with Crippen molar-refractivity contribution >= 4 is 17.7 Å². The minimum atomic E-state index is -0.648. The molecule has 0 unspecified atom stereocenters. The van der Waals surface area contributed by atoms with Crippen molar-refractivity contribution in [1.29, 1.82) is 0 Å². The number of benzene rings is 2. The molecule has 5 rings (SSSR count). The van der Waals surface area contributed by atoms with Crippen molar-refractivity contribution in [1.82, 2.24) is 15.1 Å². The first-order chi connectivity index (χ1) is 18.0. The summed E-state index contributed by atoms with van der Waals surface area (Å²) in [5.74, 6) is 1.29. The maximum atomic E-state index is 13.6. The van der Waals surface area contributed by atoms with E-state index in [1.165, 1.54) is 0 Å². The van der Waals surface area contributed by atoms with Gasteiger partial charge in [0.15, 0.2) is 11.5 Å². The van der Waals surface area contributed by atoms with Crippen LogP contribution in [-0.4, -0.2) is 73.6 Å². The number of amides is 3. The molecule has 2 saturated heterocycles. The Morgan fingerprint density at radius 2 is 1.65 bits per heavy atom. The Bertz CT molecular complexity index is 1150. The second kappa shape index (κ2) is 11.1. The van der Waals surface area contributed by atoms with Gasteiger partial charge in [-0.15, -0.1) is 0 Å². The van der Waals surface area contributed by atoms with Gasteiger partial charge in [-0.1, -0.05) is 6.07 Å². The number of carbonyl (C=O) groups is 3. The number of methoxy groups -OCH3 is 1. The Morgan fingerprint density at radius 3 is 2.41 bits per heavy atom. The summed E-state index contributed by atoms with van der Waals surface area (Å²) in [5, 5.41) is 3.04. The Kier molecular flexibility index (Phi) is 7.48. The number of hydrogen-bond acceptors (Lipinski definition) is 6. The van der Waals surface area contributed by atoms with Crippen molar-refractivity contribution in [2.24, 2.45) is 5.92 Å². The monoisotopic (exact) mass is 507 g/mol. The van der Waals surface area contributed by atoms with Crippen molar-refractivity contribution in [2.45, 2.75) is 38.1 Å². The van der Waals surface area contributed by atoms with Gasteiger partial charge in [-0.3, -0.25) is 14.4 Å². The first-order valence-electron chi connectivity index (χ1n) is 13.0. The van der Waals surface area contributed by atoms with Crippen LogP contribution >= 0.6 is 0 Å². The van der Waals surface area contributed by atoms with Crippen LogP contribution in [-0.2, 0) is 4.79 Å². The highest BCUT2D eigenvalue weighted by molar-refractivity contribution is 5.98. The molecular weight excluding hydrogens is 474 g/mol. The first kappa shape index (κ1) is 24.9. The molecule has 0 aliphatic carbocycles. The number of likely N-dealkylation sites (tertiary alicyclic amines) is 2. The fourth-order valence-corrected chi connectivity index (χ4v) is 5.33. The molecule has 0 saturated carbocycles. The molecule has 0 spiro atoms. The highest BCUT2D eigenvalue weighted by Gasteiger charge is 2.37. The summed E-state index contributed by atoms with van der Waals surface area (Å²) in [6.07, 6.45) is 4.32. The molecule has 196 valence electrons. The van der Waals surface area contributed by atoms with Gasteiger partial charge in [0.25, 0.3) is 11.8 Å². The molecule has 1 atom stereocenters. The second-order valence-electron chi connectivity index (χ2n) is 9.77. The minimum Gasteiger partial charge on any atom is -0.497 e. The molecule has 3 amide bonds. The zero-order chi connectivity index (χ0) is 25.8. The predicted molar refractivity (Wildman–Crippen MR) is 136 cm³/mol. The van der Waals surface area contributed by atoms with Gasteiger partial charge in [0.05, 0.1) is 7.11 Å². The van der Waals surface area contributed by atoms with E-state index in [9.17, 15) is 14.4 Å². The number of hydrogen-bond donors (Lipinski definition) is 1. The summed E-state index contributed by atoms with van der Waals surface area (Å²) in [5.41, 5.74) is 1.00. The van der Waals surface area contributed by atoms with Gasteiger partial charge in [-0.2, -0.15) is 0 Å². The van der Waals surface area contributed by atoms with Crippen molar-refractivity contribution in [2.75, 3.05) is 40.1 Å². The largest absolute Gasteiger partial charge is 0.497 e. The fraction of sp³-hybridized carbons (Fsp3) is 0.464. The maximum absolute atomic E-state index is 13.6. The lowest BCUT2D eigenvalue weighted by molar-refractivity contribution is -0.136. The minimum absolute atomic E-state index is 0.0358. The average Bonchev–Trinajstić information content (AvgIpc) is 3.44. The quantitative estimate of drug-likeness (QED) is 0.646. The van der Waals surface area contributed by atoms with Gasteiger partial charge in [-0.25, -0.2) is 0 Å². The summed E-state index contributed by atoms with van der Waals surface area (Å²) in [7, 11) is 1.58. The molecule has 0 bridgehead atoms. The summed E-state index contributed by atoms with van der Waals surface area (Å²) < 4.78 is 16.0. The third-order valence-electron chi connectivity index (χ3n) is 7.47. The van der Waals surface area contributed by atoms with E-state index >= 15 is 0 Å². The van der Waals surface area contributed by atoms with Crippen LogP contribution in [0, 0.1) is 5.92 Å². The van der Waals surface area contributed by atoms with Crippen LogP contribution in [0.1, 0.15) is 52.8 Å². The molecule has 37 heavy (non-hydrogen) atoms. The van der Waals surface area contributed by atoms with Gasteiger partial charge < -0.3 is 29.3 Å². The van der Waals surface area contributed by atoms with Crippen molar-refractivity contribution in [3.8, 4) is 17.2 Å². The normalized spacial score (nSPS) is 18.3. The van der Waals surface area contributed by atoms with Gasteiger partial charge >= 0.3 is 0 Å². The van der Waals surface area contributed by atoms with E-state index in [-0.39, 0.29) is 30.4 Å². The molecule has 9 nitrogen and oxygen atoms in total. The number of nitrogens with zero attached hydrogens (tertiary/aromatic N) is 2. The second-order valence-corrected chi connectivity index (χ2v) is 9.77. The van der Waals surface area contributed by atoms with E-state index < -0.39 is 6.04 Å². The van der Waals surface area contributed by atoms with Crippen molar-refractivity contribution in [3.63, 3.8) is 0 Å². The lowest BCUT2D eigenvalue weighted by Crippen LogP contribution is -2.55. The Hall–Kier alpha value is -3.75. The van der Waals surface area contributed by atoms with E-state index in [0.29, 0.717) is 67.4 Å². The zero-order valence-electron chi connectivity index (χ0n) is 21.1. The predicted octanol–water partition coefficient (Wildman–Crippen LogP) is 3.09. The number of fused-ring (bicyclic) bond motifs is 1. The Morgan fingerprint density at radius 1 is 0.892 bits per heavy atom. The van der Waals surface area contributed by atoms with Crippen LogP contribution in [0.25, 0.3) is 0 Å². The lowest BCUT2D eigenvalue weighted by atomic mass is 9.87. The number of ether oxygens (including phenoxy) is 3. The topological polar surface area (TPSA) is 97.4 Å². The first-order valence-corrected chi connectivity index (χ1v) is 13.0. The molecule has 2 fully saturated rings. The van der Waals surface area contributed by atoms with Gasteiger partial charge in [0.2, 0.25) is 12.7 Å². The van der Waals surface area contributed by atoms with Crippen LogP contribution in [0.15, 0.2) is 42.5 Å². The number of nitrogens with one attached hydrogen (secondary N) is 1. The maximum Gasteiger partial charge on any atom is 0.253 e. The van der Waals surface area contributed by atoms with Gasteiger partial charge in [0, 0.05) is 37.3 Å². The number of carbonyl (C=O) groups excluding carboxylic acids is 3. The Balaban J connectivity index is 1.29. The molecule has 0 radical (unpaired) electrons. The lowest BCUT2D eigenvalue weighted by Gasteiger charge is -2.38. The van der Waals surface area contributed by atoms with E-state index in [0.717, 1.165) is 19.3 Å². The van der Waals surface area contributed by atoms with E-state index in [1.807, 2.05) is 15.9 Å². The van der Waals surface area contributed by atoms with Crippen LogP contribution in [0.4, 0.5) is 0 Å². The van der Waals surface area contributed by atoms with Crippen molar-refractivity contribution in [3.05, 3.63) is 53.6 Å². The van der Waals surface area contributed by atoms with Crippen molar-refractivity contribution < 1.29 is 28.6 Å². The third-order valence-corrected chi connectivity index (χ3v) is 7.47. The molecule has 2 aromatic rings. The summed E-state index contributed by atoms with van der Waals surface area (Å²) in [6, 6.07) is 11.5. The van der Waals surface area contributed by atoms with E-state index in [4.69, 9.17) is 14.2 Å². The number of piperidine rings is 2. The summed E-state index contributed by atoms with van der Waals surface area (Å²) in [4.78, 5) is 43.7. The zero-order valence-corrected chi connectivity index (χ0v) is 21.1. The molecule has 3 aliphatic rings. The highest BCUT2D eigenvalue weighted by atomic mass is 16.7.